The van der Waals surface area contributed by atoms with E-state index in [1.807, 2.05) is 0 Å². The van der Waals surface area contributed by atoms with Crippen molar-refractivity contribution in [1.29, 1.82) is 0 Å². The van der Waals surface area contributed by atoms with Gasteiger partial charge in [0.1, 0.15) is 0 Å². The van der Waals surface area contributed by atoms with Crippen molar-refractivity contribution in [3.8, 4) is 39.1 Å². The SMILES string of the molecule is c1ccc(N(c2ccc(-c3ccc4c(c3)C3(c5ccccc5-4)c4ccccc4-n4c5ccccc5c5cccc3c54)cc2)c2ccc(-c3ccc4ccccc4c3)cc2)cc1. The molecule has 61 heavy (non-hydrogen) atoms. The molecule has 1 atom stereocenters. The fourth-order valence-corrected chi connectivity index (χ4v) is 10.7. The van der Waals surface area contributed by atoms with Crippen LogP contribution in [0.15, 0.2) is 231 Å². The first kappa shape index (κ1) is 34.0. The Morgan fingerprint density at radius 1 is 0.328 bits per heavy atom. The van der Waals surface area contributed by atoms with Crippen LogP contribution in [0.25, 0.3) is 71.6 Å². The first-order chi connectivity index (χ1) is 30.3. The second kappa shape index (κ2) is 13.0. The van der Waals surface area contributed by atoms with Gasteiger partial charge in [0.15, 0.2) is 0 Å². The quantitative estimate of drug-likeness (QED) is 0.169. The Morgan fingerprint density at radius 3 is 1.69 bits per heavy atom. The van der Waals surface area contributed by atoms with E-state index < -0.39 is 5.41 Å². The van der Waals surface area contributed by atoms with Gasteiger partial charge in [-0.05, 0) is 127 Å². The molecular weight excluding hydrogens is 737 g/mol. The third kappa shape index (κ3) is 4.85. The molecule has 0 bridgehead atoms. The Kier molecular flexibility index (Phi) is 7.26. The van der Waals surface area contributed by atoms with Gasteiger partial charge in [-0.25, -0.2) is 0 Å². The van der Waals surface area contributed by atoms with Gasteiger partial charge in [-0.1, -0.05) is 170 Å². The largest absolute Gasteiger partial charge is 0.311 e. The van der Waals surface area contributed by atoms with E-state index in [1.165, 1.54) is 93.9 Å². The minimum Gasteiger partial charge on any atom is -0.311 e. The maximum absolute atomic E-state index is 2.51. The maximum atomic E-state index is 2.51. The van der Waals surface area contributed by atoms with Gasteiger partial charge in [0.05, 0.1) is 22.1 Å². The van der Waals surface area contributed by atoms with Gasteiger partial charge in [0.25, 0.3) is 0 Å². The fraction of sp³-hybridized carbons (Fsp3) is 0.0169. The van der Waals surface area contributed by atoms with Crippen molar-refractivity contribution in [1.82, 2.24) is 4.57 Å². The van der Waals surface area contributed by atoms with E-state index in [2.05, 4.69) is 240 Å². The third-order valence-electron chi connectivity index (χ3n) is 13.4. The van der Waals surface area contributed by atoms with Crippen LogP contribution < -0.4 is 4.90 Å². The van der Waals surface area contributed by atoms with E-state index in [0.717, 1.165) is 17.1 Å². The summed E-state index contributed by atoms with van der Waals surface area (Å²) in [5.74, 6) is 0. The molecule has 0 amide bonds. The number of para-hydroxylation sites is 4. The lowest BCUT2D eigenvalue weighted by Crippen LogP contribution is -2.33. The van der Waals surface area contributed by atoms with E-state index in [-0.39, 0.29) is 0 Å². The number of anilines is 3. The number of aromatic nitrogens is 1. The standard InChI is InChI=1S/C59H38N2/c1-2-15-45(16-3-1)60(46-32-27-40(28-33-46)43-26-25-39-13-4-5-14-42(39)37-43)47-34-29-41(30-35-47)44-31-36-49-48-17-6-8-20-52(48)59(55(49)38-44)53-21-9-11-24-57(53)61-56-23-10-7-18-50(56)51-19-12-22-54(59)58(51)61/h1-38H. The molecule has 1 aromatic heterocycles. The van der Waals surface area contributed by atoms with Gasteiger partial charge in [0.2, 0.25) is 0 Å². The third-order valence-corrected chi connectivity index (χ3v) is 13.4. The molecule has 284 valence electrons. The molecule has 2 nitrogen and oxygen atoms in total. The van der Waals surface area contributed by atoms with Gasteiger partial charge in [-0.3, -0.25) is 0 Å². The topological polar surface area (TPSA) is 8.17 Å². The predicted octanol–water partition coefficient (Wildman–Crippen LogP) is 15.4. The first-order valence-electron chi connectivity index (χ1n) is 21.2. The van der Waals surface area contributed by atoms with Crippen LogP contribution in [-0.2, 0) is 5.41 Å². The summed E-state index contributed by atoms with van der Waals surface area (Å²) in [6.45, 7) is 0. The van der Waals surface area contributed by atoms with Crippen LogP contribution in [0.4, 0.5) is 17.1 Å². The van der Waals surface area contributed by atoms with Crippen LogP contribution in [-0.4, -0.2) is 4.57 Å². The summed E-state index contributed by atoms with van der Waals surface area (Å²) in [5, 5.41) is 5.10. The summed E-state index contributed by atoms with van der Waals surface area (Å²) >= 11 is 0. The molecule has 0 N–H and O–H groups in total. The van der Waals surface area contributed by atoms with Crippen LogP contribution in [0.5, 0.6) is 0 Å². The fourth-order valence-electron chi connectivity index (χ4n) is 10.7. The molecule has 0 radical (unpaired) electrons. The molecular formula is C59H38N2. The van der Waals surface area contributed by atoms with Crippen molar-refractivity contribution in [3.63, 3.8) is 0 Å². The molecule has 1 aliphatic carbocycles. The van der Waals surface area contributed by atoms with Crippen LogP contribution in [0, 0.1) is 0 Å². The highest BCUT2D eigenvalue weighted by Crippen LogP contribution is 2.61. The van der Waals surface area contributed by atoms with Crippen molar-refractivity contribution in [3.05, 3.63) is 253 Å². The average Bonchev–Trinajstić information content (AvgIpc) is 3.83. The van der Waals surface area contributed by atoms with E-state index in [9.17, 15) is 0 Å². The van der Waals surface area contributed by atoms with Crippen LogP contribution >= 0.6 is 0 Å². The van der Waals surface area contributed by atoms with Gasteiger partial charge < -0.3 is 9.47 Å². The Bertz CT molecular complexity index is 3520. The Balaban J connectivity index is 0.940. The molecule has 1 aliphatic heterocycles. The minimum absolute atomic E-state index is 0.481. The lowest BCUT2D eigenvalue weighted by atomic mass is 9.65. The van der Waals surface area contributed by atoms with Crippen LogP contribution in [0.2, 0.25) is 0 Å². The van der Waals surface area contributed by atoms with Gasteiger partial charge >= 0.3 is 0 Å². The van der Waals surface area contributed by atoms with E-state index in [0.29, 0.717) is 0 Å². The average molecular weight is 775 g/mol. The normalized spacial score (nSPS) is 14.6. The first-order valence-corrected chi connectivity index (χ1v) is 21.2. The number of fused-ring (bicyclic) bond motifs is 13. The predicted molar refractivity (Wildman–Crippen MR) is 255 cm³/mol. The smallest absolute Gasteiger partial charge is 0.0754 e. The molecule has 10 aromatic carbocycles. The van der Waals surface area contributed by atoms with Crippen molar-refractivity contribution >= 4 is 49.6 Å². The van der Waals surface area contributed by atoms with E-state index >= 15 is 0 Å². The van der Waals surface area contributed by atoms with Crippen molar-refractivity contribution in [2.75, 3.05) is 4.90 Å². The molecule has 2 heteroatoms. The Labute approximate surface area is 354 Å². The van der Waals surface area contributed by atoms with Gasteiger partial charge in [-0.15, -0.1) is 0 Å². The second-order valence-electron chi connectivity index (χ2n) is 16.5. The van der Waals surface area contributed by atoms with Gasteiger partial charge in [-0.2, -0.15) is 0 Å². The van der Waals surface area contributed by atoms with Gasteiger partial charge in [0, 0.05) is 27.8 Å². The molecule has 0 fully saturated rings. The molecule has 1 unspecified atom stereocenters. The summed E-state index contributed by atoms with van der Waals surface area (Å²) in [6, 6.07) is 85.2. The highest BCUT2D eigenvalue weighted by molar-refractivity contribution is 6.13. The Morgan fingerprint density at radius 2 is 0.885 bits per heavy atom. The molecule has 2 heterocycles. The number of hydrogen-bond acceptors (Lipinski definition) is 1. The number of benzene rings is 10. The highest BCUT2D eigenvalue weighted by Gasteiger charge is 2.50. The van der Waals surface area contributed by atoms with Crippen molar-refractivity contribution in [2.45, 2.75) is 5.41 Å². The zero-order valence-corrected chi connectivity index (χ0v) is 33.3. The summed E-state index contributed by atoms with van der Waals surface area (Å²) in [4.78, 5) is 2.35. The van der Waals surface area contributed by atoms with E-state index in [4.69, 9.17) is 0 Å². The summed E-state index contributed by atoms with van der Waals surface area (Å²) < 4.78 is 2.51. The minimum atomic E-state index is -0.481. The molecule has 0 saturated heterocycles. The maximum Gasteiger partial charge on any atom is 0.0754 e. The monoisotopic (exact) mass is 774 g/mol. The summed E-state index contributed by atoms with van der Waals surface area (Å²) in [6.07, 6.45) is 0. The molecule has 13 rings (SSSR count). The molecule has 11 aromatic rings. The second-order valence-corrected chi connectivity index (χ2v) is 16.5. The number of rotatable bonds is 5. The molecule has 2 aliphatic rings. The van der Waals surface area contributed by atoms with Crippen molar-refractivity contribution < 1.29 is 0 Å². The Hall–Kier alpha value is -7.94. The zero-order chi connectivity index (χ0) is 40.1. The van der Waals surface area contributed by atoms with Crippen molar-refractivity contribution in [2.24, 2.45) is 0 Å². The lowest BCUT2D eigenvalue weighted by Gasteiger charge is -2.39. The molecule has 0 saturated carbocycles. The summed E-state index contributed by atoms with van der Waals surface area (Å²) in [7, 11) is 0. The van der Waals surface area contributed by atoms with Crippen LogP contribution in [0.3, 0.4) is 0 Å². The number of nitrogens with zero attached hydrogens (tertiary/aromatic N) is 2. The summed E-state index contributed by atoms with van der Waals surface area (Å²) in [5.41, 5.74) is 19.4. The lowest BCUT2D eigenvalue weighted by molar-refractivity contribution is 0.749. The molecule has 1 spiro atoms. The highest BCUT2D eigenvalue weighted by atomic mass is 15.1. The van der Waals surface area contributed by atoms with Crippen LogP contribution in [0.1, 0.15) is 22.3 Å². The zero-order valence-electron chi connectivity index (χ0n) is 33.3. The van der Waals surface area contributed by atoms with E-state index in [1.54, 1.807) is 0 Å². The number of hydrogen-bond donors (Lipinski definition) is 0.